The van der Waals surface area contributed by atoms with Gasteiger partial charge >= 0.3 is 5.97 Å². The molecule has 1 rings (SSSR count). The Kier molecular flexibility index (Phi) is 17.8. The number of unbranched alkanes of at least 4 members (excludes halogenated alkanes) is 15. The number of aliphatic hydroxyl groups is 1. The predicted molar refractivity (Wildman–Crippen MR) is 169 cm³/mol. The summed E-state index contributed by atoms with van der Waals surface area (Å²) < 4.78 is 5.53. The summed E-state index contributed by atoms with van der Waals surface area (Å²) in [6.07, 6.45) is 27.5. The zero-order chi connectivity index (χ0) is 29.2. The van der Waals surface area contributed by atoms with Crippen LogP contribution in [0.4, 0.5) is 0 Å². The summed E-state index contributed by atoms with van der Waals surface area (Å²) in [7, 11) is 0. The number of rotatable bonds is 20. The van der Waals surface area contributed by atoms with Crippen molar-refractivity contribution in [1.82, 2.24) is 0 Å². The highest BCUT2D eigenvalue weighted by Gasteiger charge is 2.29. The lowest BCUT2D eigenvalue weighted by Crippen LogP contribution is -2.17. The molecule has 3 nitrogen and oxygen atoms in total. The molecule has 226 valence electrons. The van der Waals surface area contributed by atoms with E-state index in [0.717, 1.165) is 36.0 Å². The molecule has 1 N–H and O–H groups in total. The molecular formula is C36H64O3. The van der Waals surface area contributed by atoms with E-state index in [1.54, 1.807) is 0 Å². The van der Waals surface area contributed by atoms with Gasteiger partial charge in [0.2, 0.25) is 0 Å². The smallest absolute Gasteiger partial charge is 0.306 e. The molecule has 3 heteroatoms. The van der Waals surface area contributed by atoms with Gasteiger partial charge in [-0.3, -0.25) is 4.79 Å². The van der Waals surface area contributed by atoms with Crippen molar-refractivity contribution >= 4 is 5.97 Å². The number of carbonyl (C=O) groups excluding carboxylic acids is 1. The molecule has 0 unspecified atom stereocenters. The minimum atomic E-state index is -0.169. The summed E-state index contributed by atoms with van der Waals surface area (Å²) in [5.41, 5.74) is 2.86. The van der Waals surface area contributed by atoms with Crippen LogP contribution in [0.25, 0.3) is 0 Å². The maximum absolute atomic E-state index is 12.4. The number of allylic oxidation sites excluding steroid dienone is 5. The van der Waals surface area contributed by atoms with Gasteiger partial charge in [-0.1, -0.05) is 163 Å². The summed E-state index contributed by atoms with van der Waals surface area (Å²) in [5, 5.41) is 11.1. The molecule has 0 aromatic carbocycles. The van der Waals surface area contributed by atoms with E-state index in [0.29, 0.717) is 25.2 Å². The highest BCUT2D eigenvalue weighted by atomic mass is 16.5. The fourth-order valence-corrected chi connectivity index (χ4v) is 5.37. The second-order valence-corrected chi connectivity index (χ2v) is 13.9. The SMILES string of the molecule is CCCCCCCCCCCCCCCCCCOC(=O)CCC1=CCC(C(C)(C)C)=C(O)C(C(C)(C)C)=C1. The zero-order valence-electron chi connectivity index (χ0n) is 27.1. The summed E-state index contributed by atoms with van der Waals surface area (Å²) in [4.78, 5) is 12.4. The topological polar surface area (TPSA) is 46.5 Å². The van der Waals surface area contributed by atoms with Crippen LogP contribution in [0.2, 0.25) is 0 Å². The van der Waals surface area contributed by atoms with E-state index in [9.17, 15) is 9.90 Å². The Balaban J connectivity index is 2.14. The van der Waals surface area contributed by atoms with Crippen LogP contribution < -0.4 is 0 Å². The third-order valence-corrected chi connectivity index (χ3v) is 8.03. The van der Waals surface area contributed by atoms with Crippen LogP contribution in [0, 0.1) is 10.8 Å². The monoisotopic (exact) mass is 544 g/mol. The molecule has 0 aromatic heterocycles. The largest absolute Gasteiger partial charge is 0.508 e. The van der Waals surface area contributed by atoms with Crippen LogP contribution in [-0.4, -0.2) is 17.7 Å². The molecule has 0 spiro atoms. The van der Waals surface area contributed by atoms with Gasteiger partial charge in [0.05, 0.1) is 6.61 Å². The maximum Gasteiger partial charge on any atom is 0.306 e. The predicted octanol–water partition coefficient (Wildman–Crippen LogP) is 11.7. The van der Waals surface area contributed by atoms with Crippen LogP contribution in [-0.2, 0) is 9.53 Å². The lowest BCUT2D eigenvalue weighted by Gasteiger charge is -2.28. The average molecular weight is 545 g/mol. The van der Waals surface area contributed by atoms with Crippen LogP contribution in [0.3, 0.4) is 0 Å². The molecule has 0 heterocycles. The Hall–Kier alpha value is -1.51. The van der Waals surface area contributed by atoms with Gasteiger partial charge in [0.25, 0.3) is 0 Å². The average Bonchev–Trinajstić information content (AvgIpc) is 3.03. The Labute approximate surface area is 243 Å². The summed E-state index contributed by atoms with van der Waals surface area (Å²) in [6.45, 7) is 15.6. The van der Waals surface area contributed by atoms with E-state index in [-0.39, 0.29) is 16.8 Å². The molecule has 0 radical (unpaired) electrons. The quantitative estimate of drug-likeness (QED) is 0.122. The van der Waals surface area contributed by atoms with Gasteiger partial charge in [-0.15, -0.1) is 0 Å². The Bertz CT molecular complexity index is 770. The first-order chi connectivity index (χ1) is 18.5. The van der Waals surface area contributed by atoms with Crippen molar-refractivity contribution in [3.63, 3.8) is 0 Å². The molecular weight excluding hydrogens is 480 g/mol. The van der Waals surface area contributed by atoms with E-state index in [4.69, 9.17) is 4.74 Å². The highest BCUT2D eigenvalue weighted by molar-refractivity contribution is 5.69. The van der Waals surface area contributed by atoms with Gasteiger partial charge in [0.1, 0.15) is 5.76 Å². The molecule has 1 aliphatic rings. The third-order valence-electron chi connectivity index (χ3n) is 8.03. The van der Waals surface area contributed by atoms with Gasteiger partial charge in [0.15, 0.2) is 0 Å². The summed E-state index contributed by atoms with van der Waals surface area (Å²) in [6, 6.07) is 0. The van der Waals surface area contributed by atoms with Crippen molar-refractivity contribution < 1.29 is 14.6 Å². The summed E-state index contributed by atoms with van der Waals surface area (Å²) in [5.74, 6) is 0.312. The van der Waals surface area contributed by atoms with E-state index in [1.165, 1.54) is 89.9 Å². The van der Waals surface area contributed by atoms with E-state index >= 15 is 0 Å². The molecule has 0 bridgehead atoms. The molecule has 0 aromatic rings. The Morgan fingerprint density at radius 1 is 0.744 bits per heavy atom. The van der Waals surface area contributed by atoms with Crippen molar-refractivity contribution in [3.8, 4) is 0 Å². The highest BCUT2D eigenvalue weighted by Crippen LogP contribution is 2.41. The first kappa shape index (κ1) is 35.5. The lowest BCUT2D eigenvalue weighted by molar-refractivity contribution is -0.143. The number of aliphatic hydroxyl groups excluding tert-OH is 1. The van der Waals surface area contributed by atoms with Gasteiger partial charge < -0.3 is 9.84 Å². The number of carbonyl (C=O) groups is 1. The van der Waals surface area contributed by atoms with E-state index in [2.05, 4.69) is 60.6 Å². The molecule has 0 aliphatic heterocycles. The molecule has 39 heavy (non-hydrogen) atoms. The summed E-state index contributed by atoms with van der Waals surface area (Å²) >= 11 is 0. The molecule has 0 saturated carbocycles. The third kappa shape index (κ3) is 16.4. The van der Waals surface area contributed by atoms with Crippen LogP contribution in [0.5, 0.6) is 0 Å². The first-order valence-electron chi connectivity index (χ1n) is 16.5. The number of hydrogen-bond acceptors (Lipinski definition) is 3. The minimum Gasteiger partial charge on any atom is -0.508 e. The minimum absolute atomic E-state index is 0.105. The molecule has 0 amide bonds. The van der Waals surface area contributed by atoms with Crippen molar-refractivity contribution in [2.24, 2.45) is 10.8 Å². The zero-order valence-corrected chi connectivity index (χ0v) is 27.1. The number of hydrogen-bond donors (Lipinski definition) is 1. The van der Waals surface area contributed by atoms with Crippen molar-refractivity contribution in [2.45, 2.75) is 170 Å². The second-order valence-electron chi connectivity index (χ2n) is 13.9. The number of ether oxygens (including phenoxy) is 1. The van der Waals surface area contributed by atoms with Crippen molar-refractivity contribution in [2.75, 3.05) is 6.61 Å². The van der Waals surface area contributed by atoms with Gasteiger partial charge in [0, 0.05) is 6.42 Å². The van der Waals surface area contributed by atoms with Crippen molar-refractivity contribution in [1.29, 1.82) is 0 Å². The first-order valence-corrected chi connectivity index (χ1v) is 16.5. The molecule has 0 atom stereocenters. The van der Waals surface area contributed by atoms with Gasteiger partial charge in [-0.05, 0) is 41.2 Å². The van der Waals surface area contributed by atoms with Crippen molar-refractivity contribution in [3.05, 3.63) is 34.6 Å². The Morgan fingerprint density at radius 2 is 1.21 bits per heavy atom. The van der Waals surface area contributed by atoms with E-state index < -0.39 is 0 Å². The van der Waals surface area contributed by atoms with E-state index in [1.807, 2.05) is 0 Å². The van der Waals surface area contributed by atoms with Crippen LogP contribution in [0.15, 0.2) is 34.6 Å². The standard InChI is InChI=1S/C36H64O3/c1-8-9-10-11-12-13-14-15-16-17-18-19-20-21-22-23-28-39-33(37)27-25-30-24-26-31(35(2,3)4)34(38)32(29-30)36(5,6)7/h24,29,38H,8-23,25-28H2,1-7H3. The number of esters is 1. The fraction of sp³-hybridized carbons (Fsp3) is 0.806. The van der Waals surface area contributed by atoms with Crippen LogP contribution in [0.1, 0.15) is 170 Å². The Morgan fingerprint density at radius 3 is 1.64 bits per heavy atom. The molecule has 1 aliphatic carbocycles. The van der Waals surface area contributed by atoms with Gasteiger partial charge in [-0.2, -0.15) is 0 Å². The second kappa shape index (κ2) is 19.5. The fourth-order valence-electron chi connectivity index (χ4n) is 5.37. The maximum atomic E-state index is 12.4. The van der Waals surface area contributed by atoms with Crippen LogP contribution >= 0.6 is 0 Å². The molecule has 0 fully saturated rings. The lowest BCUT2D eigenvalue weighted by atomic mass is 9.78. The van der Waals surface area contributed by atoms with Gasteiger partial charge in [-0.25, -0.2) is 0 Å². The molecule has 0 saturated heterocycles. The normalized spacial score (nSPS) is 14.7.